The standard InChI is InChI=1S/C14H23NO3/c1-9-5-4-8-12(9)15-13(16)10-6-2-3-7-11(10)14(17)18/h9-12H,2-8H2,1H3,(H,15,16)(H,17,18)/t9?,10-,11+,12?/m1/s1. The Hall–Kier alpha value is -1.06. The molecule has 0 saturated heterocycles. The van der Waals surface area contributed by atoms with E-state index in [2.05, 4.69) is 12.2 Å². The summed E-state index contributed by atoms with van der Waals surface area (Å²) in [5, 5.41) is 12.3. The van der Waals surface area contributed by atoms with Crippen LogP contribution >= 0.6 is 0 Å². The number of carbonyl (C=O) groups is 2. The third-order valence-corrected chi connectivity index (χ3v) is 4.61. The maximum atomic E-state index is 12.2. The van der Waals surface area contributed by atoms with Gasteiger partial charge in [0.15, 0.2) is 0 Å². The number of carbonyl (C=O) groups excluding carboxylic acids is 1. The zero-order valence-electron chi connectivity index (χ0n) is 11.0. The molecule has 2 fully saturated rings. The highest BCUT2D eigenvalue weighted by molar-refractivity contribution is 5.85. The SMILES string of the molecule is CC1CCCC1NC(=O)[C@@H]1CCCC[C@@H]1C(=O)O. The first-order valence-electron chi connectivity index (χ1n) is 7.12. The largest absolute Gasteiger partial charge is 0.481 e. The van der Waals surface area contributed by atoms with Crippen molar-refractivity contribution in [2.75, 3.05) is 0 Å². The first-order chi connectivity index (χ1) is 8.59. The minimum Gasteiger partial charge on any atom is -0.481 e. The molecule has 0 bridgehead atoms. The topological polar surface area (TPSA) is 66.4 Å². The number of aliphatic carboxylic acids is 1. The predicted octanol–water partition coefficient (Wildman–Crippen LogP) is 2.18. The van der Waals surface area contributed by atoms with E-state index >= 15 is 0 Å². The fraction of sp³-hybridized carbons (Fsp3) is 0.857. The number of rotatable bonds is 3. The molecule has 0 spiro atoms. The van der Waals surface area contributed by atoms with Gasteiger partial charge in [-0.1, -0.05) is 26.2 Å². The summed E-state index contributed by atoms with van der Waals surface area (Å²) in [6, 6.07) is 0.258. The lowest BCUT2D eigenvalue weighted by atomic mass is 9.78. The summed E-state index contributed by atoms with van der Waals surface area (Å²) in [4.78, 5) is 23.4. The average Bonchev–Trinajstić information content (AvgIpc) is 2.75. The Morgan fingerprint density at radius 1 is 1.00 bits per heavy atom. The summed E-state index contributed by atoms with van der Waals surface area (Å²) >= 11 is 0. The van der Waals surface area contributed by atoms with Crippen molar-refractivity contribution in [3.63, 3.8) is 0 Å². The van der Waals surface area contributed by atoms with Gasteiger partial charge in [-0.15, -0.1) is 0 Å². The van der Waals surface area contributed by atoms with Crippen LogP contribution in [0.25, 0.3) is 0 Å². The van der Waals surface area contributed by atoms with Crippen LogP contribution in [0.3, 0.4) is 0 Å². The Morgan fingerprint density at radius 2 is 1.67 bits per heavy atom. The lowest BCUT2D eigenvalue weighted by Crippen LogP contribution is -2.44. The van der Waals surface area contributed by atoms with Crippen molar-refractivity contribution in [1.29, 1.82) is 0 Å². The zero-order valence-corrected chi connectivity index (χ0v) is 11.0. The quantitative estimate of drug-likeness (QED) is 0.810. The molecule has 0 aromatic heterocycles. The summed E-state index contributed by atoms with van der Waals surface area (Å²) in [7, 11) is 0. The second kappa shape index (κ2) is 5.72. The first kappa shape index (κ1) is 13.4. The second-order valence-corrected chi connectivity index (χ2v) is 5.86. The van der Waals surface area contributed by atoms with Gasteiger partial charge in [0, 0.05) is 6.04 Å². The van der Waals surface area contributed by atoms with Crippen molar-refractivity contribution in [2.24, 2.45) is 17.8 Å². The van der Waals surface area contributed by atoms with Crippen LogP contribution in [0, 0.1) is 17.8 Å². The van der Waals surface area contributed by atoms with Gasteiger partial charge in [-0.05, 0) is 31.6 Å². The van der Waals surface area contributed by atoms with Crippen LogP contribution in [0.4, 0.5) is 0 Å². The van der Waals surface area contributed by atoms with E-state index in [0.717, 1.165) is 32.1 Å². The number of carboxylic acids is 1. The van der Waals surface area contributed by atoms with Crippen LogP contribution in [0.5, 0.6) is 0 Å². The molecule has 2 aliphatic rings. The van der Waals surface area contributed by atoms with Gasteiger partial charge in [0.1, 0.15) is 0 Å². The lowest BCUT2D eigenvalue weighted by Gasteiger charge is -2.29. The van der Waals surface area contributed by atoms with Crippen molar-refractivity contribution in [2.45, 2.75) is 57.9 Å². The molecule has 2 N–H and O–H groups in total. The van der Waals surface area contributed by atoms with Gasteiger partial charge < -0.3 is 10.4 Å². The molecule has 102 valence electrons. The van der Waals surface area contributed by atoms with Crippen molar-refractivity contribution in [1.82, 2.24) is 5.32 Å². The highest BCUT2D eigenvalue weighted by Crippen LogP contribution is 2.32. The molecule has 2 unspecified atom stereocenters. The summed E-state index contributed by atoms with van der Waals surface area (Å²) in [5.74, 6) is -1.10. The molecule has 0 aromatic carbocycles. The molecule has 2 aliphatic carbocycles. The summed E-state index contributed by atoms with van der Waals surface area (Å²) in [6.07, 6.45) is 6.65. The Balaban J connectivity index is 1.95. The number of carboxylic acid groups (broad SMARTS) is 1. The summed E-state index contributed by atoms with van der Waals surface area (Å²) < 4.78 is 0. The molecular weight excluding hydrogens is 230 g/mol. The molecule has 0 radical (unpaired) electrons. The van der Waals surface area contributed by atoms with Gasteiger partial charge in [0.2, 0.25) is 5.91 Å². The maximum absolute atomic E-state index is 12.2. The Morgan fingerprint density at radius 3 is 2.22 bits per heavy atom. The molecule has 0 heterocycles. The van der Waals surface area contributed by atoms with Crippen LogP contribution < -0.4 is 5.32 Å². The Kier molecular flexibility index (Phi) is 4.25. The van der Waals surface area contributed by atoms with Crippen LogP contribution in [-0.4, -0.2) is 23.0 Å². The first-order valence-corrected chi connectivity index (χ1v) is 7.12. The number of nitrogens with one attached hydrogen (secondary N) is 1. The normalized spacial score (nSPS) is 36.3. The third-order valence-electron chi connectivity index (χ3n) is 4.61. The molecule has 18 heavy (non-hydrogen) atoms. The summed E-state index contributed by atoms with van der Waals surface area (Å²) in [6.45, 7) is 2.16. The van der Waals surface area contributed by atoms with E-state index in [-0.39, 0.29) is 17.9 Å². The van der Waals surface area contributed by atoms with E-state index in [1.165, 1.54) is 6.42 Å². The summed E-state index contributed by atoms with van der Waals surface area (Å²) in [5.41, 5.74) is 0. The van der Waals surface area contributed by atoms with Crippen LogP contribution in [0.1, 0.15) is 51.9 Å². The molecular formula is C14H23NO3. The zero-order chi connectivity index (χ0) is 13.1. The fourth-order valence-corrected chi connectivity index (χ4v) is 3.39. The van der Waals surface area contributed by atoms with Crippen molar-refractivity contribution in [3.05, 3.63) is 0 Å². The highest BCUT2D eigenvalue weighted by Gasteiger charge is 2.37. The van der Waals surface area contributed by atoms with E-state index in [0.29, 0.717) is 12.3 Å². The Labute approximate surface area is 108 Å². The van der Waals surface area contributed by atoms with Gasteiger partial charge in [0.05, 0.1) is 11.8 Å². The average molecular weight is 253 g/mol. The van der Waals surface area contributed by atoms with Crippen LogP contribution in [0.15, 0.2) is 0 Å². The van der Waals surface area contributed by atoms with Gasteiger partial charge >= 0.3 is 5.97 Å². The van der Waals surface area contributed by atoms with E-state index in [1.54, 1.807) is 0 Å². The van der Waals surface area contributed by atoms with Crippen molar-refractivity contribution < 1.29 is 14.7 Å². The van der Waals surface area contributed by atoms with Gasteiger partial charge in [-0.25, -0.2) is 0 Å². The molecule has 2 saturated carbocycles. The number of amides is 1. The van der Waals surface area contributed by atoms with E-state index in [9.17, 15) is 14.7 Å². The maximum Gasteiger partial charge on any atom is 0.307 e. The van der Waals surface area contributed by atoms with Crippen LogP contribution in [0.2, 0.25) is 0 Å². The molecule has 4 nitrogen and oxygen atoms in total. The predicted molar refractivity (Wildman–Crippen MR) is 68.0 cm³/mol. The molecule has 1 amide bonds. The molecule has 0 aliphatic heterocycles. The minimum absolute atomic E-state index is 0.0270. The second-order valence-electron chi connectivity index (χ2n) is 5.86. The fourth-order valence-electron chi connectivity index (χ4n) is 3.39. The van der Waals surface area contributed by atoms with Crippen LogP contribution in [-0.2, 0) is 9.59 Å². The van der Waals surface area contributed by atoms with E-state index in [4.69, 9.17) is 0 Å². The highest BCUT2D eigenvalue weighted by atomic mass is 16.4. The number of hydrogen-bond donors (Lipinski definition) is 2. The minimum atomic E-state index is -0.811. The molecule has 4 heteroatoms. The Bertz CT molecular complexity index is 329. The van der Waals surface area contributed by atoms with E-state index < -0.39 is 11.9 Å². The molecule has 2 rings (SSSR count). The monoisotopic (exact) mass is 253 g/mol. The van der Waals surface area contributed by atoms with Crippen molar-refractivity contribution in [3.8, 4) is 0 Å². The van der Waals surface area contributed by atoms with E-state index in [1.807, 2.05) is 0 Å². The van der Waals surface area contributed by atoms with Crippen molar-refractivity contribution >= 4 is 11.9 Å². The van der Waals surface area contributed by atoms with Gasteiger partial charge in [-0.2, -0.15) is 0 Å². The van der Waals surface area contributed by atoms with Gasteiger partial charge in [0.25, 0.3) is 0 Å². The number of hydrogen-bond acceptors (Lipinski definition) is 2. The van der Waals surface area contributed by atoms with Gasteiger partial charge in [-0.3, -0.25) is 9.59 Å². The molecule has 0 aromatic rings. The molecule has 4 atom stereocenters. The lowest BCUT2D eigenvalue weighted by molar-refractivity contribution is -0.149. The third kappa shape index (κ3) is 2.85. The smallest absolute Gasteiger partial charge is 0.307 e.